The fourth-order valence-electron chi connectivity index (χ4n) is 2.27. The fourth-order valence-corrected chi connectivity index (χ4v) is 3.71. The smallest absolute Gasteiger partial charge is 0.233 e. The van der Waals surface area contributed by atoms with Gasteiger partial charge in [0.05, 0.1) is 11.3 Å². The molecule has 0 saturated heterocycles. The molecule has 2 aromatic rings. The summed E-state index contributed by atoms with van der Waals surface area (Å²) in [6.07, 6.45) is 0. The Balaban J connectivity index is 2.05. The lowest BCUT2D eigenvalue weighted by molar-refractivity contribution is -0.120. The van der Waals surface area contributed by atoms with Crippen LogP contribution in [-0.2, 0) is 4.79 Å². The van der Waals surface area contributed by atoms with E-state index in [1.54, 1.807) is 12.1 Å². The Morgan fingerprint density at radius 2 is 1.72 bits per heavy atom. The van der Waals surface area contributed by atoms with Crippen LogP contribution in [-0.4, -0.2) is 21.1 Å². The van der Waals surface area contributed by atoms with Crippen LogP contribution in [0.3, 0.4) is 0 Å². The lowest BCUT2D eigenvalue weighted by Crippen LogP contribution is -2.33. The maximum absolute atomic E-state index is 12.5. The Kier molecular flexibility index (Phi) is 6.72. The number of aromatic nitrogens is 2. The number of nitrogens with zero attached hydrogens (tertiary/aromatic N) is 2. The molecule has 7 heteroatoms. The van der Waals surface area contributed by atoms with Crippen LogP contribution in [0.15, 0.2) is 23.4 Å². The highest BCUT2D eigenvalue weighted by atomic mass is 35.5. The van der Waals surface area contributed by atoms with E-state index in [1.165, 1.54) is 11.8 Å². The molecular formula is C18H21Cl2N3OS. The molecule has 25 heavy (non-hydrogen) atoms. The minimum Gasteiger partial charge on any atom is -0.349 e. The molecule has 1 aromatic heterocycles. The topological polar surface area (TPSA) is 54.9 Å². The molecular weight excluding hydrogens is 377 g/mol. The summed E-state index contributed by atoms with van der Waals surface area (Å²) in [5.74, 6) is -0.0944. The first-order valence-electron chi connectivity index (χ1n) is 7.93. The van der Waals surface area contributed by atoms with Gasteiger partial charge in [0.15, 0.2) is 5.16 Å². The molecule has 1 amide bonds. The van der Waals surface area contributed by atoms with Crippen LogP contribution in [0.25, 0.3) is 0 Å². The second kappa shape index (κ2) is 8.39. The van der Waals surface area contributed by atoms with Gasteiger partial charge in [0, 0.05) is 21.4 Å². The third-order valence-corrected chi connectivity index (χ3v) is 5.57. The summed E-state index contributed by atoms with van der Waals surface area (Å²) < 4.78 is 0. The predicted octanol–water partition coefficient (Wildman–Crippen LogP) is 5.07. The molecule has 0 bridgehead atoms. The molecule has 2 atom stereocenters. The Labute approximate surface area is 162 Å². The molecule has 2 rings (SSSR count). The lowest BCUT2D eigenvalue weighted by atomic mass is 10.1. The van der Waals surface area contributed by atoms with Crippen LogP contribution in [0.4, 0.5) is 0 Å². The first-order valence-corrected chi connectivity index (χ1v) is 9.56. The van der Waals surface area contributed by atoms with Crippen LogP contribution >= 0.6 is 35.0 Å². The Morgan fingerprint density at radius 3 is 2.28 bits per heavy atom. The maximum atomic E-state index is 12.5. The SMILES string of the molecule is Cc1nc(S[C@H](C)C(=O)N[C@H](C)c2ccc(Cl)cc2Cl)nc(C)c1C. The first-order chi connectivity index (χ1) is 11.7. The van der Waals surface area contributed by atoms with E-state index in [9.17, 15) is 4.79 Å². The van der Waals surface area contributed by atoms with Crippen molar-refractivity contribution in [3.05, 3.63) is 50.8 Å². The minimum absolute atomic E-state index is 0.0944. The summed E-state index contributed by atoms with van der Waals surface area (Å²) in [5.41, 5.74) is 3.77. The van der Waals surface area contributed by atoms with Crippen molar-refractivity contribution in [2.45, 2.75) is 51.1 Å². The molecule has 0 aliphatic carbocycles. The van der Waals surface area contributed by atoms with Crippen molar-refractivity contribution < 1.29 is 4.79 Å². The average Bonchev–Trinajstić information content (AvgIpc) is 2.52. The normalized spacial score (nSPS) is 13.4. The van der Waals surface area contributed by atoms with Crippen molar-refractivity contribution in [1.82, 2.24) is 15.3 Å². The quantitative estimate of drug-likeness (QED) is 0.565. The Hall–Kier alpha value is -1.30. The number of nitrogens with one attached hydrogen (secondary N) is 1. The molecule has 0 spiro atoms. The van der Waals surface area contributed by atoms with Crippen LogP contribution in [0.2, 0.25) is 10.0 Å². The van der Waals surface area contributed by atoms with Crippen LogP contribution in [0.1, 0.15) is 42.4 Å². The molecule has 0 aliphatic rings. The number of halogens is 2. The molecule has 1 heterocycles. The zero-order valence-electron chi connectivity index (χ0n) is 14.9. The lowest BCUT2D eigenvalue weighted by Gasteiger charge is -2.18. The number of carbonyl (C=O) groups excluding carboxylic acids is 1. The van der Waals surface area contributed by atoms with Crippen LogP contribution < -0.4 is 5.32 Å². The Morgan fingerprint density at radius 1 is 1.12 bits per heavy atom. The number of benzene rings is 1. The average molecular weight is 398 g/mol. The minimum atomic E-state index is -0.324. The van der Waals surface area contributed by atoms with E-state index in [0.717, 1.165) is 22.5 Å². The summed E-state index contributed by atoms with van der Waals surface area (Å²) in [4.78, 5) is 21.4. The van der Waals surface area contributed by atoms with E-state index in [0.29, 0.717) is 15.2 Å². The van der Waals surface area contributed by atoms with E-state index in [4.69, 9.17) is 23.2 Å². The standard InChI is InChI=1S/C18H21Cl2N3OS/c1-9-10(2)22-18(23-11(9)3)25-13(5)17(24)21-12(4)15-7-6-14(19)8-16(15)20/h6-8,12-13H,1-5H3,(H,21,24)/t12-,13-/m1/s1. The van der Waals surface area contributed by atoms with Crippen molar-refractivity contribution in [2.24, 2.45) is 0 Å². The number of aryl methyl sites for hydroxylation is 2. The number of hydrogen-bond donors (Lipinski definition) is 1. The summed E-state index contributed by atoms with van der Waals surface area (Å²) in [5, 5.41) is 4.37. The second-order valence-corrected chi connectivity index (χ2v) is 8.11. The van der Waals surface area contributed by atoms with Crippen molar-refractivity contribution in [1.29, 1.82) is 0 Å². The second-order valence-electron chi connectivity index (χ2n) is 5.96. The molecule has 0 fully saturated rings. The van der Waals surface area contributed by atoms with E-state index < -0.39 is 0 Å². The van der Waals surface area contributed by atoms with E-state index in [2.05, 4.69) is 15.3 Å². The van der Waals surface area contributed by atoms with Crippen molar-refractivity contribution in [3.63, 3.8) is 0 Å². The van der Waals surface area contributed by atoms with Crippen molar-refractivity contribution >= 4 is 40.9 Å². The fraction of sp³-hybridized carbons (Fsp3) is 0.389. The third-order valence-electron chi connectivity index (χ3n) is 4.05. The zero-order chi connectivity index (χ0) is 18.7. The first kappa shape index (κ1) is 20.0. The molecule has 0 saturated carbocycles. The van der Waals surface area contributed by atoms with Gasteiger partial charge in [-0.15, -0.1) is 0 Å². The van der Waals surface area contributed by atoms with Gasteiger partial charge in [0.1, 0.15) is 0 Å². The van der Waals surface area contributed by atoms with E-state index >= 15 is 0 Å². The highest BCUT2D eigenvalue weighted by Gasteiger charge is 2.20. The van der Waals surface area contributed by atoms with Crippen LogP contribution in [0, 0.1) is 20.8 Å². The molecule has 0 unspecified atom stereocenters. The molecule has 134 valence electrons. The molecule has 1 aromatic carbocycles. The molecule has 0 aliphatic heterocycles. The third kappa shape index (κ3) is 5.09. The van der Waals surface area contributed by atoms with E-state index in [-0.39, 0.29) is 17.2 Å². The van der Waals surface area contributed by atoms with Gasteiger partial charge in [0.2, 0.25) is 5.91 Å². The molecule has 1 N–H and O–H groups in total. The summed E-state index contributed by atoms with van der Waals surface area (Å²) in [6.45, 7) is 9.62. The van der Waals surface area contributed by atoms with Gasteiger partial charge in [0.25, 0.3) is 0 Å². The highest BCUT2D eigenvalue weighted by Crippen LogP contribution is 2.27. The number of hydrogen-bond acceptors (Lipinski definition) is 4. The van der Waals surface area contributed by atoms with Crippen LogP contribution in [0.5, 0.6) is 0 Å². The zero-order valence-corrected chi connectivity index (χ0v) is 17.2. The number of rotatable bonds is 5. The number of carbonyl (C=O) groups is 1. The maximum Gasteiger partial charge on any atom is 0.233 e. The van der Waals surface area contributed by atoms with Gasteiger partial charge in [-0.05, 0) is 57.9 Å². The number of thioether (sulfide) groups is 1. The molecule has 0 radical (unpaired) electrons. The largest absolute Gasteiger partial charge is 0.349 e. The molecule has 4 nitrogen and oxygen atoms in total. The summed E-state index contributed by atoms with van der Waals surface area (Å²) in [6, 6.07) is 5.03. The van der Waals surface area contributed by atoms with Gasteiger partial charge in [-0.25, -0.2) is 9.97 Å². The van der Waals surface area contributed by atoms with E-state index in [1.807, 2.05) is 40.7 Å². The van der Waals surface area contributed by atoms with Gasteiger partial charge in [-0.1, -0.05) is 41.0 Å². The highest BCUT2D eigenvalue weighted by molar-refractivity contribution is 8.00. The van der Waals surface area contributed by atoms with Crippen molar-refractivity contribution in [2.75, 3.05) is 0 Å². The number of amides is 1. The Bertz CT molecular complexity index is 775. The summed E-state index contributed by atoms with van der Waals surface area (Å²) >= 11 is 13.5. The van der Waals surface area contributed by atoms with Gasteiger partial charge < -0.3 is 5.32 Å². The summed E-state index contributed by atoms with van der Waals surface area (Å²) in [7, 11) is 0. The monoisotopic (exact) mass is 397 g/mol. The van der Waals surface area contributed by atoms with Gasteiger partial charge in [-0.3, -0.25) is 4.79 Å². The van der Waals surface area contributed by atoms with Gasteiger partial charge >= 0.3 is 0 Å². The van der Waals surface area contributed by atoms with Crippen molar-refractivity contribution in [3.8, 4) is 0 Å². The predicted molar refractivity (Wildman–Crippen MR) is 105 cm³/mol. The van der Waals surface area contributed by atoms with Gasteiger partial charge in [-0.2, -0.15) is 0 Å².